The summed E-state index contributed by atoms with van der Waals surface area (Å²) in [7, 11) is 0. The number of carbonyl (C=O) groups excluding carboxylic acids is 1. The van der Waals surface area contributed by atoms with Gasteiger partial charge in [-0.1, -0.05) is 24.3 Å². The Bertz CT molecular complexity index is 612. The Balaban J connectivity index is 1.40. The normalized spacial score (nSPS) is 26.6. The van der Waals surface area contributed by atoms with Gasteiger partial charge in [0.25, 0.3) is 0 Å². The van der Waals surface area contributed by atoms with E-state index in [1.54, 1.807) is 11.3 Å². The van der Waals surface area contributed by atoms with Crippen LogP contribution in [-0.4, -0.2) is 10.9 Å². The summed E-state index contributed by atoms with van der Waals surface area (Å²) in [6.45, 7) is 0.630. The average Bonchev–Trinajstić information content (AvgIpc) is 3.22. The number of nitrogens with zero attached hydrogens (tertiary/aromatic N) is 1. The molecule has 3 nitrogen and oxygen atoms in total. The van der Waals surface area contributed by atoms with E-state index >= 15 is 0 Å². The minimum Gasteiger partial charge on any atom is -0.352 e. The highest BCUT2D eigenvalue weighted by atomic mass is 32.1. The van der Waals surface area contributed by atoms with Gasteiger partial charge in [-0.3, -0.25) is 4.79 Å². The number of amides is 1. The number of benzene rings is 1. The fourth-order valence-corrected chi connectivity index (χ4v) is 3.21. The minimum absolute atomic E-state index is 0.0703. The summed E-state index contributed by atoms with van der Waals surface area (Å²) >= 11 is 1.64. The van der Waals surface area contributed by atoms with E-state index < -0.39 is 0 Å². The van der Waals surface area contributed by atoms with Crippen molar-refractivity contribution in [3.63, 3.8) is 0 Å². The Kier molecular flexibility index (Phi) is 2.30. The molecule has 2 aliphatic carbocycles. The molecule has 1 N–H and O–H groups in total. The Morgan fingerprint density at radius 3 is 2.68 bits per heavy atom. The number of hydrogen-bond acceptors (Lipinski definition) is 3. The fourth-order valence-electron chi connectivity index (χ4n) is 2.56. The van der Waals surface area contributed by atoms with Crippen molar-refractivity contribution in [3.8, 4) is 10.6 Å². The van der Waals surface area contributed by atoms with Gasteiger partial charge in [0.2, 0.25) is 5.91 Å². The van der Waals surface area contributed by atoms with E-state index in [4.69, 9.17) is 0 Å². The van der Waals surface area contributed by atoms with Gasteiger partial charge in [0, 0.05) is 23.7 Å². The smallest absolute Gasteiger partial charge is 0.226 e. The van der Waals surface area contributed by atoms with Crippen LogP contribution in [0.3, 0.4) is 0 Å². The highest BCUT2D eigenvalue weighted by molar-refractivity contribution is 7.13. The minimum atomic E-state index is 0.0703. The first-order valence-corrected chi connectivity index (χ1v) is 7.43. The van der Waals surface area contributed by atoms with Crippen molar-refractivity contribution in [1.82, 2.24) is 10.3 Å². The number of thiazole rings is 1. The summed E-state index contributed by atoms with van der Waals surface area (Å²) in [6, 6.07) is 8.25. The summed E-state index contributed by atoms with van der Waals surface area (Å²) in [6.07, 6.45) is 4.04. The predicted octanol–water partition coefficient (Wildman–Crippen LogP) is 2.84. The zero-order valence-corrected chi connectivity index (χ0v) is 11.2. The van der Waals surface area contributed by atoms with Gasteiger partial charge in [0.05, 0.1) is 5.41 Å². The number of carbonyl (C=O) groups is 1. The average molecular weight is 270 g/mol. The molecule has 0 aliphatic heterocycles. The molecule has 0 radical (unpaired) electrons. The third kappa shape index (κ3) is 1.87. The molecule has 1 aromatic heterocycles. The lowest BCUT2D eigenvalue weighted by molar-refractivity contribution is -0.124. The second kappa shape index (κ2) is 3.90. The van der Waals surface area contributed by atoms with E-state index in [0.29, 0.717) is 12.5 Å². The van der Waals surface area contributed by atoms with Gasteiger partial charge < -0.3 is 5.32 Å². The van der Waals surface area contributed by atoms with Crippen LogP contribution in [0.4, 0.5) is 0 Å². The van der Waals surface area contributed by atoms with Gasteiger partial charge in [0.1, 0.15) is 5.01 Å². The molecule has 96 valence electrons. The lowest BCUT2D eigenvalue weighted by Crippen LogP contribution is -2.27. The van der Waals surface area contributed by atoms with Gasteiger partial charge in [-0.2, -0.15) is 0 Å². The van der Waals surface area contributed by atoms with E-state index in [1.165, 1.54) is 0 Å². The van der Waals surface area contributed by atoms with Crippen LogP contribution in [0.5, 0.6) is 0 Å². The van der Waals surface area contributed by atoms with Crippen molar-refractivity contribution in [2.75, 3.05) is 0 Å². The van der Waals surface area contributed by atoms with E-state index in [-0.39, 0.29) is 11.3 Å². The van der Waals surface area contributed by atoms with Crippen LogP contribution in [0.25, 0.3) is 10.6 Å². The van der Waals surface area contributed by atoms with Crippen molar-refractivity contribution in [2.24, 2.45) is 11.3 Å². The standard InChI is InChI=1S/C15H14N2OS/c18-14(15-7-12(15)8-15)17-9-10-1-3-11(4-2-10)13-16-5-6-19-13/h1-6,12H,7-9H2,(H,17,18). The molecule has 4 heteroatoms. The van der Waals surface area contributed by atoms with Gasteiger partial charge >= 0.3 is 0 Å². The first kappa shape index (κ1) is 11.2. The number of fused-ring (bicyclic) bond motifs is 1. The Morgan fingerprint density at radius 1 is 1.37 bits per heavy atom. The topological polar surface area (TPSA) is 42.0 Å². The molecule has 0 spiro atoms. The molecule has 19 heavy (non-hydrogen) atoms. The summed E-state index contributed by atoms with van der Waals surface area (Å²) < 4.78 is 0. The molecule has 2 saturated carbocycles. The van der Waals surface area contributed by atoms with Crippen LogP contribution in [-0.2, 0) is 11.3 Å². The molecule has 2 fully saturated rings. The van der Waals surface area contributed by atoms with Gasteiger partial charge in [-0.15, -0.1) is 11.3 Å². The fraction of sp³-hybridized carbons (Fsp3) is 0.333. The molecule has 0 atom stereocenters. The van der Waals surface area contributed by atoms with Crippen LogP contribution < -0.4 is 5.32 Å². The monoisotopic (exact) mass is 270 g/mol. The maximum Gasteiger partial charge on any atom is 0.226 e. The molecule has 0 bridgehead atoms. The molecule has 1 heterocycles. The van der Waals surface area contributed by atoms with Crippen LogP contribution in [0, 0.1) is 11.3 Å². The Hall–Kier alpha value is -1.68. The molecule has 1 amide bonds. The van der Waals surface area contributed by atoms with Crippen molar-refractivity contribution < 1.29 is 4.79 Å². The van der Waals surface area contributed by atoms with Crippen molar-refractivity contribution in [1.29, 1.82) is 0 Å². The molecule has 2 aliphatic rings. The number of hydrogen-bond donors (Lipinski definition) is 1. The summed E-state index contributed by atoms with van der Waals surface area (Å²) in [4.78, 5) is 16.2. The van der Waals surface area contributed by atoms with Crippen molar-refractivity contribution >= 4 is 17.2 Å². The SMILES string of the molecule is O=C(NCc1ccc(-c2nccs2)cc1)C12CC1C2. The van der Waals surface area contributed by atoms with Crippen LogP contribution in [0.1, 0.15) is 18.4 Å². The van der Waals surface area contributed by atoms with Gasteiger partial charge in [0.15, 0.2) is 0 Å². The van der Waals surface area contributed by atoms with Gasteiger partial charge in [-0.05, 0) is 24.3 Å². The van der Waals surface area contributed by atoms with E-state index in [2.05, 4.69) is 34.6 Å². The maximum absolute atomic E-state index is 11.9. The number of nitrogens with one attached hydrogen (secondary N) is 1. The van der Waals surface area contributed by atoms with E-state index in [0.717, 1.165) is 29.0 Å². The molecular formula is C15H14N2OS. The van der Waals surface area contributed by atoms with Crippen LogP contribution in [0.15, 0.2) is 35.8 Å². The molecule has 2 aromatic rings. The predicted molar refractivity (Wildman–Crippen MR) is 74.6 cm³/mol. The third-order valence-electron chi connectivity index (χ3n) is 4.22. The lowest BCUT2D eigenvalue weighted by atomic mass is 10.1. The maximum atomic E-state index is 11.9. The Morgan fingerprint density at radius 2 is 2.11 bits per heavy atom. The zero-order valence-electron chi connectivity index (χ0n) is 10.4. The summed E-state index contributed by atoms with van der Waals surface area (Å²) in [5.74, 6) is 0.960. The number of rotatable bonds is 4. The van der Waals surface area contributed by atoms with Gasteiger partial charge in [-0.25, -0.2) is 4.98 Å². The lowest BCUT2D eigenvalue weighted by Gasteiger charge is -2.07. The summed E-state index contributed by atoms with van der Waals surface area (Å²) in [5.41, 5.74) is 2.34. The zero-order chi connectivity index (χ0) is 12.9. The van der Waals surface area contributed by atoms with Crippen molar-refractivity contribution in [2.45, 2.75) is 19.4 Å². The molecule has 1 aromatic carbocycles. The third-order valence-corrected chi connectivity index (χ3v) is 5.04. The van der Waals surface area contributed by atoms with Crippen molar-refractivity contribution in [3.05, 3.63) is 41.4 Å². The Labute approximate surface area is 115 Å². The number of aromatic nitrogens is 1. The first-order chi connectivity index (χ1) is 9.28. The second-order valence-electron chi connectivity index (χ2n) is 5.48. The van der Waals surface area contributed by atoms with Crippen LogP contribution in [0.2, 0.25) is 0 Å². The highest BCUT2D eigenvalue weighted by Crippen LogP contribution is 2.75. The highest BCUT2D eigenvalue weighted by Gasteiger charge is 2.74. The summed E-state index contributed by atoms with van der Waals surface area (Å²) in [5, 5.41) is 6.06. The quantitative estimate of drug-likeness (QED) is 0.928. The molecule has 0 saturated heterocycles. The largest absolute Gasteiger partial charge is 0.352 e. The molecule has 0 unspecified atom stereocenters. The van der Waals surface area contributed by atoms with Crippen LogP contribution >= 0.6 is 11.3 Å². The molecular weight excluding hydrogens is 256 g/mol. The first-order valence-electron chi connectivity index (χ1n) is 6.55. The van der Waals surface area contributed by atoms with E-state index in [1.807, 2.05) is 11.6 Å². The second-order valence-corrected chi connectivity index (χ2v) is 6.37. The van der Waals surface area contributed by atoms with E-state index in [9.17, 15) is 4.79 Å². The molecule has 4 rings (SSSR count).